The Morgan fingerprint density at radius 1 is 1.22 bits per heavy atom. The fourth-order valence-corrected chi connectivity index (χ4v) is 3.83. The van der Waals surface area contributed by atoms with E-state index in [-0.39, 0.29) is 30.7 Å². The Morgan fingerprint density at radius 3 is 2.63 bits per heavy atom. The first-order valence-corrected chi connectivity index (χ1v) is 9.68. The predicted octanol–water partition coefficient (Wildman–Crippen LogP) is 2.61. The highest BCUT2D eigenvalue weighted by molar-refractivity contribution is 5.85. The summed E-state index contributed by atoms with van der Waals surface area (Å²) >= 11 is 0. The lowest BCUT2D eigenvalue weighted by molar-refractivity contribution is -0.122. The fourth-order valence-electron chi connectivity index (χ4n) is 3.83. The summed E-state index contributed by atoms with van der Waals surface area (Å²) in [4.78, 5) is 17.1. The zero-order valence-corrected chi connectivity index (χ0v) is 18.1. The third-order valence-electron chi connectivity index (χ3n) is 5.50. The number of rotatable bonds is 5. The summed E-state index contributed by atoms with van der Waals surface area (Å²) in [5.41, 5.74) is 2.62. The highest BCUT2D eigenvalue weighted by Gasteiger charge is 2.23. The summed E-state index contributed by atoms with van der Waals surface area (Å²) in [6.45, 7) is 10.4. The van der Waals surface area contributed by atoms with E-state index in [2.05, 4.69) is 58.5 Å². The van der Waals surface area contributed by atoms with Crippen LogP contribution in [0.2, 0.25) is 0 Å². The van der Waals surface area contributed by atoms with Crippen LogP contribution in [-0.2, 0) is 4.79 Å². The van der Waals surface area contributed by atoms with Crippen LogP contribution in [0, 0.1) is 6.92 Å². The van der Waals surface area contributed by atoms with E-state index in [1.807, 2.05) is 0 Å². The van der Waals surface area contributed by atoms with Crippen LogP contribution in [0.3, 0.4) is 0 Å². The molecule has 1 amide bonds. The number of nitrogens with zero attached hydrogens (tertiary/aromatic N) is 2. The van der Waals surface area contributed by atoms with E-state index in [1.54, 1.807) is 0 Å². The molecular weight excluding hydrogens is 383 g/mol. The van der Waals surface area contributed by atoms with Crippen molar-refractivity contribution in [3.05, 3.63) is 29.8 Å². The van der Waals surface area contributed by atoms with Gasteiger partial charge in [0.25, 0.3) is 0 Å². The number of hydrogen-bond donors (Lipinski definition) is 2. The molecule has 27 heavy (non-hydrogen) atoms. The smallest absolute Gasteiger partial charge is 0.221 e. The molecule has 3 rings (SSSR count). The summed E-state index contributed by atoms with van der Waals surface area (Å²) in [7, 11) is 0. The van der Waals surface area contributed by atoms with Gasteiger partial charge in [-0.2, -0.15) is 0 Å². The van der Waals surface area contributed by atoms with Crippen molar-refractivity contribution in [2.24, 2.45) is 0 Å². The normalized spacial score (nSPS) is 23.1. The van der Waals surface area contributed by atoms with Crippen molar-refractivity contribution < 1.29 is 4.79 Å². The summed E-state index contributed by atoms with van der Waals surface area (Å²) < 4.78 is 0. The highest BCUT2D eigenvalue weighted by atomic mass is 35.5. The molecule has 0 spiro atoms. The van der Waals surface area contributed by atoms with E-state index in [0.717, 1.165) is 52.1 Å². The molecule has 0 radical (unpaired) electrons. The quantitative estimate of drug-likeness (QED) is 0.774. The van der Waals surface area contributed by atoms with Gasteiger partial charge in [0, 0.05) is 56.9 Å². The molecule has 2 heterocycles. The molecule has 0 aromatic heterocycles. The second-order valence-electron chi connectivity index (χ2n) is 7.48. The van der Waals surface area contributed by atoms with Crippen LogP contribution in [0.15, 0.2) is 24.3 Å². The Hall–Kier alpha value is -1.01. The minimum absolute atomic E-state index is 0. The standard InChI is InChI=1S/C20H32N4O.2ClH/c1-16-5-3-6-18(15-16)24-13-11-23(12-14-24)10-8-20(25)22-19-7-4-9-21-17(19)2;;/h3,5-6,15,17,19,21H,4,7-14H2,1-2H3,(H,22,25);2*1H. The van der Waals surface area contributed by atoms with Crippen molar-refractivity contribution in [1.29, 1.82) is 0 Å². The monoisotopic (exact) mass is 416 g/mol. The molecule has 154 valence electrons. The number of carbonyl (C=O) groups is 1. The summed E-state index contributed by atoms with van der Waals surface area (Å²) in [6.07, 6.45) is 2.85. The number of amides is 1. The molecule has 0 bridgehead atoms. The molecule has 2 aliphatic rings. The lowest BCUT2D eigenvalue weighted by Crippen LogP contribution is -2.52. The number of nitrogens with one attached hydrogen (secondary N) is 2. The van der Waals surface area contributed by atoms with Gasteiger partial charge in [-0.1, -0.05) is 12.1 Å². The van der Waals surface area contributed by atoms with Gasteiger partial charge in [0.05, 0.1) is 0 Å². The van der Waals surface area contributed by atoms with Gasteiger partial charge >= 0.3 is 0 Å². The first kappa shape index (κ1) is 24.0. The van der Waals surface area contributed by atoms with Crippen LogP contribution >= 0.6 is 24.8 Å². The van der Waals surface area contributed by atoms with Crippen molar-refractivity contribution in [3.63, 3.8) is 0 Å². The van der Waals surface area contributed by atoms with Gasteiger partial charge in [-0.15, -0.1) is 24.8 Å². The maximum Gasteiger partial charge on any atom is 0.221 e. The molecule has 1 aromatic rings. The Bertz CT molecular complexity index is 579. The Labute approximate surface area is 176 Å². The average molecular weight is 417 g/mol. The van der Waals surface area contributed by atoms with Gasteiger partial charge in [0.15, 0.2) is 0 Å². The molecule has 1 aromatic carbocycles. The van der Waals surface area contributed by atoms with E-state index in [4.69, 9.17) is 0 Å². The van der Waals surface area contributed by atoms with Gasteiger partial charge in [-0.05, 0) is 50.9 Å². The van der Waals surface area contributed by atoms with Crippen LogP contribution in [0.4, 0.5) is 5.69 Å². The second-order valence-corrected chi connectivity index (χ2v) is 7.48. The number of benzene rings is 1. The molecule has 7 heteroatoms. The molecule has 0 aliphatic carbocycles. The largest absolute Gasteiger partial charge is 0.369 e. The Morgan fingerprint density at radius 2 is 1.96 bits per heavy atom. The molecule has 2 unspecified atom stereocenters. The molecule has 2 saturated heterocycles. The molecule has 2 N–H and O–H groups in total. The number of carbonyl (C=O) groups excluding carboxylic acids is 1. The van der Waals surface area contributed by atoms with Crippen LogP contribution in [0.5, 0.6) is 0 Å². The number of piperidine rings is 1. The van der Waals surface area contributed by atoms with E-state index in [0.29, 0.717) is 18.5 Å². The first-order valence-electron chi connectivity index (χ1n) is 9.68. The maximum absolute atomic E-state index is 12.2. The predicted molar refractivity (Wildman–Crippen MR) is 118 cm³/mol. The average Bonchev–Trinajstić information content (AvgIpc) is 2.62. The summed E-state index contributed by atoms with van der Waals surface area (Å²) in [6, 6.07) is 9.39. The fraction of sp³-hybridized carbons (Fsp3) is 0.650. The highest BCUT2D eigenvalue weighted by Crippen LogP contribution is 2.17. The SMILES string of the molecule is Cc1cccc(N2CCN(CCC(=O)NC3CCCNC3C)CC2)c1.Cl.Cl. The number of aryl methyl sites for hydroxylation is 1. The van der Waals surface area contributed by atoms with E-state index < -0.39 is 0 Å². The third-order valence-corrected chi connectivity index (χ3v) is 5.50. The van der Waals surface area contributed by atoms with Gasteiger partial charge in [-0.25, -0.2) is 0 Å². The Kier molecular flexibility index (Phi) is 10.5. The van der Waals surface area contributed by atoms with Gasteiger partial charge in [0.1, 0.15) is 0 Å². The van der Waals surface area contributed by atoms with Gasteiger partial charge < -0.3 is 15.5 Å². The number of halogens is 2. The zero-order chi connectivity index (χ0) is 17.6. The number of piperazine rings is 1. The molecular formula is C20H34Cl2N4O. The molecule has 2 atom stereocenters. The van der Waals surface area contributed by atoms with Crippen LogP contribution in [0.25, 0.3) is 0 Å². The minimum Gasteiger partial charge on any atom is -0.369 e. The van der Waals surface area contributed by atoms with E-state index in [9.17, 15) is 4.79 Å². The van der Waals surface area contributed by atoms with Gasteiger partial charge in [-0.3, -0.25) is 9.69 Å². The third kappa shape index (κ3) is 7.15. The van der Waals surface area contributed by atoms with E-state index >= 15 is 0 Å². The number of hydrogen-bond acceptors (Lipinski definition) is 4. The first-order chi connectivity index (χ1) is 12.1. The number of anilines is 1. The van der Waals surface area contributed by atoms with Gasteiger partial charge in [0.2, 0.25) is 5.91 Å². The van der Waals surface area contributed by atoms with Crippen molar-refractivity contribution >= 4 is 36.4 Å². The van der Waals surface area contributed by atoms with Crippen molar-refractivity contribution in [3.8, 4) is 0 Å². The minimum atomic E-state index is 0. The lowest BCUT2D eigenvalue weighted by atomic mass is 10.00. The second kappa shape index (κ2) is 11.7. The van der Waals surface area contributed by atoms with Crippen LogP contribution in [-0.4, -0.2) is 62.2 Å². The van der Waals surface area contributed by atoms with Crippen LogP contribution in [0.1, 0.15) is 31.7 Å². The summed E-state index contributed by atoms with van der Waals surface area (Å²) in [5.74, 6) is 0.196. The van der Waals surface area contributed by atoms with E-state index in [1.165, 1.54) is 11.3 Å². The molecule has 2 fully saturated rings. The van der Waals surface area contributed by atoms with Crippen LogP contribution < -0.4 is 15.5 Å². The van der Waals surface area contributed by atoms with Crippen molar-refractivity contribution in [2.75, 3.05) is 44.2 Å². The molecule has 0 saturated carbocycles. The molecule has 2 aliphatic heterocycles. The topological polar surface area (TPSA) is 47.6 Å². The van der Waals surface area contributed by atoms with Crippen molar-refractivity contribution in [1.82, 2.24) is 15.5 Å². The maximum atomic E-state index is 12.2. The molecule has 5 nitrogen and oxygen atoms in total. The Balaban J connectivity index is 0.00000182. The summed E-state index contributed by atoms with van der Waals surface area (Å²) in [5, 5.41) is 6.65. The lowest BCUT2D eigenvalue weighted by Gasteiger charge is -2.36. The van der Waals surface area contributed by atoms with Crippen molar-refractivity contribution in [2.45, 2.75) is 45.2 Å². The zero-order valence-electron chi connectivity index (χ0n) is 16.4.